The molecule has 0 spiro atoms. The Morgan fingerprint density at radius 1 is 1.14 bits per heavy atom. The lowest BCUT2D eigenvalue weighted by molar-refractivity contribution is 0.275. The summed E-state index contributed by atoms with van der Waals surface area (Å²) < 4.78 is 4.43. The number of aromatic nitrogens is 6. The van der Waals surface area contributed by atoms with Crippen molar-refractivity contribution in [3.63, 3.8) is 0 Å². The minimum atomic E-state index is -0.277. The third-order valence-electron chi connectivity index (χ3n) is 5.13. The first-order valence-electron chi connectivity index (χ1n) is 9.33. The van der Waals surface area contributed by atoms with Crippen molar-refractivity contribution < 1.29 is 0 Å². The van der Waals surface area contributed by atoms with E-state index in [-0.39, 0.29) is 17.8 Å². The lowest BCUT2D eigenvalue weighted by Gasteiger charge is -2.28. The molecule has 3 heterocycles. The van der Waals surface area contributed by atoms with E-state index in [0.717, 1.165) is 17.8 Å². The van der Waals surface area contributed by atoms with Crippen LogP contribution in [0.15, 0.2) is 39.9 Å². The Morgan fingerprint density at radius 2 is 1.93 bits per heavy atom. The summed E-state index contributed by atoms with van der Waals surface area (Å²) in [6.07, 6.45) is 0.635. The van der Waals surface area contributed by atoms with E-state index >= 15 is 0 Å². The standard InChI is InChI=1S/C20H21N7O2/c1-24-17-10-12-26(11-6-9-18-21-22-23-25(18)2)14-16(17)19(28)27(20(24)29)13-15-7-4-3-5-8-15/h3-5,7-8H,10-14H2,1-2H3. The second-order valence-electron chi connectivity index (χ2n) is 7.03. The first-order valence-corrected chi connectivity index (χ1v) is 9.33. The number of rotatable bonds is 3. The molecule has 1 aromatic carbocycles. The number of tetrazole rings is 1. The average Bonchev–Trinajstić information content (AvgIpc) is 3.15. The molecule has 0 atom stereocenters. The molecular formula is C20H21N7O2. The Balaban J connectivity index is 1.60. The molecular weight excluding hydrogens is 370 g/mol. The Morgan fingerprint density at radius 3 is 2.66 bits per heavy atom. The van der Waals surface area contributed by atoms with Gasteiger partial charge >= 0.3 is 5.69 Å². The van der Waals surface area contributed by atoms with Crippen LogP contribution < -0.4 is 11.2 Å². The highest BCUT2D eigenvalue weighted by Gasteiger charge is 2.23. The van der Waals surface area contributed by atoms with Gasteiger partial charge in [0.25, 0.3) is 5.56 Å². The third kappa shape index (κ3) is 3.75. The Labute approximate surface area is 167 Å². The quantitative estimate of drug-likeness (QED) is 0.561. The summed E-state index contributed by atoms with van der Waals surface area (Å²) in [6, 6.07) is 9.53. The fourth-order valence-corrected chi connectivity index (χ4v) is 3.52. The van der Waals surface area contributed by atoms with Gasteiger partial charge in [0, 0.05) is 39.3 Å². The fourth-order valence-electron chi connectivity index (χ4n) is 3.52. The first-order chi connectivity index (χ1) is 14.0. The van der Waals surface area contributed by atoms with Crippen LogP contribution in [0.2, 0.25) is 0 Å². The molecule has 1 aliphatic heterocycles. The lowest BCUT2D eigenvalue weighted by atomic mass is 10.1. The molecule has 148 valence electrons. The van der Waals surface area contributed by atoms with Crippen molar-refractivity contribution in [2.24, 2.45) is 14.1 Å². The molecule has 0 fully saturated rings. The second kappa shape index (κ2) is 7.85. The van der Waals surface area contributed by atoms with Gasteiger partial charge in [0.1, 0.15) is 0 Å². The average molecular weight is 391 g/mol. The molecule has 2 aromatic heterocycles. The predicted molar refractivity (Wildman–Crippen MR) is 106 cm³/mol. The molecule has 9 nitrogen and oxygen atoms in total. The van der Waals surface area contributed by atoms with Gasteiger partial charge in [-0.3, -0.25) is 14.3 Å². The van der Waals surface area contributed by atoms with Crippen molar-refractivity contribution in [3.05, 3.63) is 73.8 Å². The van der Waals surface area contributed by atoms with Crippen LogP contribution in [0.1, 0.15) is 22.6 Å². The summed E-state index contributed by atoms with van der Waals surface area (Å²) in [7, 11) is 3.47. The van der Waals surface area contributed by atoms with Gasteiger partial charge in [0.2, 0.25) is 5.82 Å². The van der Waals surface area contributed by atoms with Gasteiger partial charge in [-0.1, -0.05) is 41.4 Å². The van der Waals surface area contributed by atoms with Crippen LogP contribution in [0.4, 0.5) is 0 Å². The molecule has 3 aromatic rings. The van der Waals surface area contributed by atoms with Crippen molar-refractivity contribution in [2.75, 3.05) is 13.1 Å². The van der Waals surface area contributed by atoms with Gasteiger partial charge in [-0.25, -0.2) is 9.48 Å². The van der Waals surface area contributed by atoms with Crippen molar-refractivity contribution in [3.8, 4) is 11.8 Å². The number of benzene rings is 1. The van der Waals surface area contributed by atoms with Gasteiger partial charge in [0.15, 0.2) is 0 Å². The first kappa shape index (κ1) is 18.8. The summed E-state index contributed by atoms with van der Waals surface area (Å²) in [5.74, 6) is 6.50. The molecule has 0 unspecified atom stereocenters. The molecule has 0 saturated carbocycles. The maximum Gasteiger partial charge on any atom is 0.331 e. The zero-order valence-electron chi connectivity index (χ0n) is 16.4. The summed E-state index contributed by atoms with van der Waals surface area (Å²) in [5, 5.41) is 11.1. The normalized spacial score (nSPS) is 13.6. The predicted octanol–water partition coefficient (Wildman–Crippen LogP) is -0.471. The lowest BCUT2D eigenvalue weighted by Crippen LogP contribution is -2.47. The maximum atomic E-state index is 13.1. The van der Waals surface area contributed by atoms with E-state index in [0.29, 0.717) is 30.9 Å². The van der Waals surface area contributed by atoms with Crippen molar-refractivity contribution in [1.29, 1.82) is 0 Å². The Kier molecular flexibility index (Phi) is 5.10. The van der Waals surface area contributed by atoms with Crippen LogP contribution in [-0.4, -0.2) is 47.3 Å². The largest absolute Gasteiger partial charge is 0.331 e. The van der Waals surface area contributed by atoms with Crippen LogP contribution >= 0.6 is 0 Å². The Hall–Kier alpha value is -3.51. The molecule has 0 N–H and O–H groups in total. The fraction of sp³-hybridized carbons (Fsp3) is 0.350. The minimum absolute atomic E-state index is 0.220. The number of nitrogens with zero attached hydrogens (tertiary/aromatic N) is 7. The van der Waals surface area contributed by atoms with E-state index in [1.54, 1.807) is 18.7 Å². The van der Waals surface area contributed by atoms with Gasteiger partial charge in [-0.15, -0.1) is 0 Å². The highest BCUT2D eigenvalue weighted by Crippen LogP contribution is 2.14. The number of aryl methyl sites for hydroxylation is 1. The summed E-state index contributed by atoms with van der Waals surface area (Å²) in [6.45, 7) is 1.95. The number of hydrogen-bond donors (Lipinski definition) is 0. The van der Waals surface area contributed by atoms with Crippen LogP contribution in [0, 0.1) is 11.8 Å². The van der Waals surface area contributed by atoms with Crippen molar-refractivity contribution in [2.45, 2.75) is 19.5 Å². The van der Waals surface area contributed by atoms with Crippen molar-refractivity contribution >= 4 is 0 Å². The zero-order chi connectivity index (χ0) is 20.4. The van der Waals surface area contributed by atoms with Crippen molar-refractivity contribution in [1.82, 2.24) is 34.2 Å². The minimum Gasteiger partial charge on any atom is -0.300 e. The summed E-state index contributed by atoms with van der Waals surface area (Å²) in [4.78, 5) is 27.9. The molecule has 1 aliphatic rings. The van der Waals surface area contributed by atoms with E-state index < -0.39 is 0 Å². The Bertz CT molecular complexity index is 1210. The smallest absolute Gasteiger partial charge is 0.300 e. The van der Waals surface area contributed by atoms with E-state index in [9.17, 15) is 9.59 Å². The maximum absolute atomic E-state index is 13.1. The molecule has 4 rings (SSSR count). The topological polar surface area (TPSA) is 90.8 Å². The second-order valence-corrected chi connectivity index (χ2v) is 7.03. The van der Waals surface area contributed by atoms with E-state index in [1.807, 2.05) is 30.3 Å². The molecule has 0 bridgehead atoms. The molecule has 9 heteroatoms. The number of hydrogen-bond acceptors (Lipinski definition) is 6. The van der Waals surface area contributed by atoms with E-state index in [4.69, 9.17) is 0 Å². The summed E-state index contributed by atoms with van der Waals surface area (Å²) in [5.41, 5.74) is 1.90. The zero-order valence-corrected chi connectivity index (χ0v) is 16.4. The van der Waals surface area contributed by atoms with Gasteiger partial charge in [-0.05, 0) is 21.9 Å². The molecule has 0 radical (unpaired) electrons. The monoisotopic (exact) mass is 391 g/mol. The van der Waals surface area contributed by atoms with Crippen LogP contribution in [0.25, 0.3) is 0 Å². The highest BCUT2D eigenvalue weighted by atomic mass is 16.2. The SMILES string of the molecule is Cn1nnnc1C#CCN1CCc2c(c(=O)n(Cc3ccccc3)c(=O)n2C)C1. The van der Waals surface area contributed by atoms with Crippen LogP contribution in [0.3, 0.4) is 0 Å². The van der Waals surface area contributed by atoms with Gasteiger partial charge < -0.3 is 4.57 Å². The van der Waals surface area contributed by atoms with Gasteiger partial charge in [-0.2, -0.15) is 0 Å². The highest BCUT2D eigenvalue weighted by molar-refractivity contribution is 5.24. The third-order valence-corrected chi connectivity index (χ3v) is 5.13. The van der Waals surface area contributed by atoms with E-state index in [1.165, 1.54) is 9.25 Å². The van der Waals surface area contributed by atoms with Crippen LogP contribution in [-0.2, 0) is 33.6 Å². The molecule has 0 amide bonds. The molecule has 0 aliphatic carbocycles. The molecule has 0 saturated heterocycles. The molecule has 29 heavy (non-hydrogen) atoms. The van der Waals surface area contributed by atoms with Gasteiger partial charge in [0.05, 0.1) is 18.7 Å². The number of fused-ring (bicyclic) bond motifs is 1. The van der Waals surface area contributed by atoms with E-state index in [2.05, 4.69) is 32.3 Å². The summed E-state index contributed by atoms with van der Waals surface area (Å²) >= 11 is 0. The van der Waals surface area contributed by atoms with Crippen LogP contribution in [0.5, 0.6) is 0 Å².